The Morgan fingerprint density at radius 1 is 1.09 bits per heavy atom. The van der Waals surface area contributed by atoms with E-state index >= 15 is 0 Å². The molecule has 0 saturated heterocycles. The summed E-state index contributed by atoms with van der Waals surface area (Å²) in [6, 6.07) is 18.9. The fourth-order valence-electron chi connectivity index (χ4n) is 1.87. The number of para-hydroxylation sites is 1. The average molecular weight is 311 g/mol. The Morgan fingerprint density at radius 2 is 1.82 bits per heavy atom. The highest BCUT2D eigenvalue weighted by molar-refractivity contribution is 7.98. The summed E-state index contributed by atoms with van der Waals surface area (Å²) in [7, 11) is 0. The average Bonchev–Trinajstić information content (AvgIpc) is 2.56. The van der Waals surface area contributed by atoms with Gasteiger partial charge in [0.15, 0.2) is 0 Å². The zero-order chi connectivity index (χ0) is 15.6. The maximum Gasteiger partial charge on any atom is 0.319 e. The van der Waals surface area contributed by atoms with Gasteiger partial charge in [0.2, 0.25) is 0 Å². The third-order valence-corrected chi connectivity index (χ3v) is 3.97. The minimum absolute atomic E-state index is 0.204. The zero-order valence-corrected chi connectivity index (χ0v) is 12.9. The molecule has 2 N–H and O–H groups in total. The summed E-state index contributed by atoms with van der Waals surface area (Å²) in [4.78, 5) is 11.7. The van der Waals surface area contributed by atoms with Gasteiger partial charge in [0.1, 0.15) is 0 Å². The highest BCUT2D eigenvalue weighted by Gasteiger charge is 2.02. The first-order valence-electron chi connectivity index (χ1n) is 6.95. The van der Waals surface area contributed by atoms with Crippen molar-refractivity contribution in [2.45, 2.75) is 5.75 Å². The van der Waals surface area contributed by atoms with Crippen LogP contribution in [0.5, 0.6) is 0 Å². The number of nitrogens with one attached hydrogen (secondary N) is 2. The number of anilines is 1. The minimum atomic E-state index is -0.204. The normalized spacial score (nSPS) is 9.77. The molecule has 0 fully saturated rings. The summed E-state index contributed by atoms with van der Waals surface area (Å²) in [6.07, 6.45) is 0. The molecule has 0 saturated carbocycles. The molecule has 112 valence electrons. The van der Waals surface area contributed by atoms with Crippen molar-refractivity contribution in [3.05, 3.63) is 65.7 Å². The van der Waals surface area contributed by atoms with E-state index in [-0.39, 0.29) is 6.03 Å². The second kappa shape index (κ2) is 8.75. The van der Waals surface area contributed by atoms with Crippen LogP contribution in [0.25, 0.3) is 0 Å². The Balaban J connectivity index is 1.65. The molecule has 0 radical (unpaired) electrons. The molecule has 0 heterocycles. The number of urea groups is 1. The number of carbonyl (C=O) groups excluding carboxylic acids is 1. The summed E-state index contributed by atoms with van der Waals surface area (Å²) in [5, 5.41) is 14.6. The standard InChI is InChI=1S/C17H17N3OS/c18-12-14-6-4-5-7-15(14)13-22-11-10-19-17(21)20-16-8-2-1-3-9-16/h1-9H,10-11,13H2,(H2,19,20,21). The van der Waals surface area contributed by atoms with Gasteiger partial charge < -0.3 is 10.6 Å². The number of benzene rings is 2. The van der Waals surface area contributed by atoms with Crippen molar-refractivity contribution in [1.82, 2.24) is 5.32 Å². The minimum Gasteiger partial charge on any atom is -0.337 e. The molecular formula is C17H17N3OS. The van der Waals surface area contributed by atoms with Gasteiger partial charge in [0, 0.05) is 23.7 Å². The third kappa shape index (κ3) is 5.15. The summed E-state index contributed by atoms with van der Waals surface area (Å²) < 4.78 is 0. The number of nitriles is 1. The van der Waals surface area contributed by atoms with E-state index in [1.165, 1.54) is 0 Å². The summed E-state index contributed by atoms with van der Waals surface area (Å²) in [5.74, 6) is 1.56. The van der Waals surface area contributed by atoms with Gasteiger partial charge in [-0.15, -0.1) is 0 Å². The molecule has 2 amide bonds. The zero-order valence-electron chi connectivity index (χ0n) is 12.1. The molecule has 2 aromatic rings. The Morgan fingerprint density at radius 3 is 2.59 bits per heavy atom. The first kappa shape index (κ1) is 15.9. The van der Waals surface area contributed by atoms with E-state index in [0.29, 0.717) is 12.1 Å². The van der Waals surface area contributed by atoms with Gasteiger partial charge in [-0.25, -0.2) is 4.79 Å². The van der Waals surface area contributed by atoms with Crippen LogP contribution in [0.3, 0.4) is 0 Å². The third-order valence-electron chi connectivity index (χ3n) is 2.96. The van der Waals surface area contributed by atoms with Crippen LogP contribution in [0.2, 0.25) is 0 Å². The molecule has 0 aromatic heterocycles. The van der Waals surface area contributed by atoms with Crippen LogP contribution >= 0.6 is 11.8 Å². The van der Waals surface area contributed by atoms with E-state index in [0.717, 1.165) is 22.8 Å². The van der Waals surface area contributed by atoms with E-state index in [1.807, 2.05) is 54.6 Å². The molecule has 2 aromatic carbocycles. The number of rotatable bonds is 6. The molecule has 22 heavy (non-hydrogen) atoms. The first-order chi connectivity index (χ1) is 10.8. The summed E-state index contributed by atoms with van der Waals surface area (Å²) in [6.45, 7) is 0.581. The molecular weight excluding hydrogens is 294 g/mol. The van der Waals surface area contributed by atoms with Crippen LogP contribution in [-0.4, -0.2) is 18.3 Å². The molecule has 0 aliphatic rings. The van der Waals surface area contributed by atoms with Crippen LogP contribution < -0.4 is 10.6 Å². The highest BCUT2D eigenvalue weighted by atomic mass is 32.2. The number of nitrogens with zero attached hydrogens (tertiary/aromatic N) is 1. The van der Waals surface area contributed by atoms with Crippen LogP contribution in [0.1, 0.15) is 11.1 Å². The molecule has 0 aliphatic heterocycles. The van der Waals surface area contributed by atoms with Gasteiger partial charge in [-0.1, -0.05) is 36.4 Å². The lowest BCUT2D eigenvalue weighted by Crippen LogP contribution is -2.30. The van der Waals surface area contributed by atoms with Crippen LogP contribution in [0, 0.1) is 11.3 Å². The highest BCUT2D eigenvalue weighted by Crippen LogP contribution is 2.15. The second-order valence-electron chi connectivity index (χ2n) is 4.57. The Hall–Kier alpha value is -2.45. The fraction of sp³-hybridized carbons (Fsp3) is 0.176. The smallest absolute Gasteiger partial charge is 0.319 e. The van der Waals surface area contributed by atoms with Gasteiger partial charge in [0.05, 0.1) is 11.6 Å². The van der Waals surface area contributed by atoms with Crippen molar-refractivity contribution in [2.75, 3.05) is 17.6 Å². The number of thioether (sulfide) groups is 1. The molecule has 0 atom stereocenters. The van der Waals surface area contributed by atoms with Gasteiger partial charge in [-0.3, -0.25) is 0 Å². The molecule has 0 bridgehead atoms. The molecule has 0 aliphatic carbocycles. The van der Waals surface area contributed by atoms with Crippen molar-refractivity contribution in [3.8, 4) is 6.07 Å². The van der Waals surface area contributed by atoms with Gasteiger partial charge in [-0.2, -0.15) is 17.0 Å². The van der Waals surface area contributed by atoms with Crippen molar-refractivity contribution >= 4 is 23.5 Å². The van der Waals surface area contributed by atoms with Crippen molar-refractivity contribution in [2.24, 2.45) is 0 Å². The Labute approximate surface area is 134 Å². The van der Waals surface area contributed by atoms with E-state index in [2.05, 4.69) is 16.7 Å². The number of carbonyl (C=O) groups is 1. The fourth-order valence-corrected chi connectivity index (χ4v) is 2.73. The Bertz CT molecular complexity index is 652. The molecule has 4 nitrogen and oxygen atoms in total. The van der Waals surface area contributed by atoms with Gasteiger partial charge in [-0.05, 0) is 23.8 Å². The van der Waals surface area contributed by atoms with Gasteiger partial charge >= 0.3 is 6.03 Å². The molecule has 5 heteroatoms. The van der Waals surface area contributed by atoms with Crippen LogP contribution in [-0.2, 0) is 5.75 Å². The van der Waals surface area contributed by atoms with Crippen molar-refractivity contribution in [3.63, 3.8) is 0 Å². The van der Waals surface area contributed by atoms with E-state index in [4.69, 9.17) is 5.26 Å². The molecule has 0 unspecified atom stereocenters. The maximum atomic E-state index is 11.7. The predicted molar refractivity (Wildman–Crippen MR) is 90.8 cm³/mol. The predicted octanol–water partition coefficient (Wildman–Crippen LogP) is 3.61. The number of hydrogen-bond donors (Lipinski definition) is 2. The van der Waals surface area contributed by atoms with E-state index in [1.54, 1.807) is 11.8 Å². The molecule has 0 spiro atoms. The van der Waals surface area contributed by atoms with Gasteiger partial charge in [0.25, 0.3) is 0 Å². The lowest BCUT2D eigenvalue weighted by atomic mass is 10.1. The van der Waals surface area contributed by atoms with E-state index in [9.17, 15) is 4.79 Å². The Kier molecular flexibility index (Phi) is 6.34. The maximum absolute atomic E-state index is 11.7. The lowest BCUT2D eigenvalue weighted by Gasteiger charge is -2.07. The topological polar surface area (TPSA) is 64.9 Å². The lowest BCUT2D eigenvalue weighted by molar-refractivity contribution is 0.252. The number of hydrogen-bond acceptors (Lipinski definition) is 3. The summed E-state index contributed by atoms with van der Waals surface area (Å²) in [5.41, 5.74) is 2.52. The number of amides is 2. The van der Waals surface area contributed by atoms with Crippen molar-refractivity contribution in [1.29, 1.82) is 5.26 Å². The summed E-state index contributed by atoms with van der Waals surface area (Å²) >= 11 is 1.69. The quantitative estimate of drug-likeness (QED) is 0.801. The molecule has 2 rings (SSSR count). The van der Waals surface area contributed by atoms with Crippen LogP contribution in [0.4, 0.5) is 10.5 Å². The monoisotopic (exact) mass is 311 g/mol. The van der Waals surface area contributed by atoms with E-state index < -0.39 is 0 Å². The van der Waals surface area contributed by atoms with Crippen molar-refractivity contribution < 1.29 is 4.79 Å². The largest absolute Gasteiger partial charge is 0.337 e. The SMILES string of the molecule is N#Cc1ccccc1CSCCNC(=O)Nc1ccccc1. The first-order valence-corrected chi connectivity index (χ1v) is 8.10. The second-order valence-corrected chi connectivity index (χ2v) is 5.67. The van der Waals surface area contributed by atoms with Crippen LogP contribution in [0.15, 0.2) is 54.6 Å².